The monoisotopic (exact) mass is 206 g/mol. The normalized spacial score (nSPS) is 17.3. The number of thioether (sulfide) groups is 1. The first-order chi connectivity index (χ1) is 6.95. The molecule has 0 aromatic carbocycles. The molecule has 0 spiro atoms. The molecule has 2 heterocycles. The lowest BCUT2D eigenvalue weighted by Crippen LogP contribution is -1.92. The van der Waals surface area contributed by atoms with Crippen LogP contribution in [0.4, 0.5) is 0 Å². The molecular formula is C11H14N2S. The molecule has 0 fully saturated rings. The van der Waals surface area contributed by atoms with Crippen LogP contribution in [0.25, 0.3) is 0 Å². The molecule has 0 saturated carbocycles. The van der Waals surface area contributed by atoms with Gasteiger partial charge in [-0.1, -0.05) is 24.2 Å². The number of hydrogen-bond donors (Lipinski definition) is 0. The van der Waals surface area contributed by atoms with Gasteiger partial charge in [0.15, 0.2) is 0 Å². The highest BCUT2D eigenvalue weighted by molar-refractivity contribution is 8.13. The van der Waals surface area contributed by atoms with E-state index in [9.17, 15) is 0 Å². The molecule has 1 aromatic rings. The van der Waals surface area contributed by atoms with Crippen molar-refractivity contribution in [2.45, 2.75) is 30.7 Å². The first kappa shape index (κ1) is 9.71. The average Bonchev–Trinajstić information content (AvgIpc) is 2.48. The van der Waals surface area contributed by atoms with E-state index in [1.165, 1.54) is 24.3 Å². The number of hydrogen-bond acceptors (Lipinski definition) is 3. The quantitative estimate of drug-likeness (QED) is 0.705. The zero-order valence-electron chi connectivity index (χ0n) is 8.15. The fraction of sp³-hybridized carbons (Fsp3) is 0.455. The van der Waals surface area contributed by atoms with Gasteiger partial charge < -0.3 is 0 Å². The third kappa shape index (κ3) is 2.84. The number of aliphatic imine (C=N–C) groups is 1. The summed E-state index contributed by atoms with van der Waals surface area (Å²) in [6.45, 7) is 0.995. The molecule has 1 aliphatic heterocycles. The van der Waals surface area contributed by atoms with Crippen LogP contribution in [-0.2, 0) is 0 Å². The average molecular weight is 206 g/mol. The molecule has 0 N–H and O–H groups in total. The van der Waals surface area contributed by atoms with Crippen molar-refractivity contribution in [3.05, 3.63) is 24.4 Å². The molecule has 0 bridgehead atoms. The van der Waals surface area contributed by atoms with Crippen LogP contribution in [0, 0.1) is 0 Å². The van der Waals surface area contributed by atoms with E-state index >= 15 is 0 Å². The van der Waals surface area contributed by atoms with Crippen LogP contribution in [-0.4, -0.2) is 16.6 Å². The summed E-state index contributed by atoms with van der Waals surface area (Å²) in [5, 5.41) is 2.31. The molecule has 1 aliphatic rings. The lowest BCUT2D eigenvalue weighted by atomic mass is 10.2. The summed E-state index contributed by atoms with van der Waals surface area (Å²) in [7, 11) is 0. The second-order valence-electron chi connectivity index (χ2n) is 3.36. The van der Waals surface area contributed by atoms with E-state index in [4.69, 9.17) is 0 Å². The highest BCUT2D eigenvalue weighted by atomic mass is 32.2. The Kier molecular flexibility index (Phi) is 3.57. The lowest BCUT2D eigenvalue weighted by molar-refractivity contribution is 0.732. The maximum absolute atomic E-state index is 4.56. The largest absolute Gasteiger partial charge is 0.283 e. The zero-order valence-corrected chi connectivity index (χ0v) is 8.96. The molecule has 0 saturated heterocycles. The minimum Gasteiger partial charge on any atom is -0.283 e. The summed E-state index contributed by atoms with van der Waals surface area (Å²) >= 11 is 1.72. The first-order valence-electron chi connectivity index (χ1n) is 5.07. The van der Waals surface area contributed by atoms with E-state index in [2.05, 4.69) is 9.98 Å². The van der Waals surface area contributed by atoms with Gasteiger partial charge in [-0.15, -0.1) is 0 Å². The van der Waals surface area contributed by atoms with Gasteiger partial charge in [0.1, 0.15) is 5.03 Å². The van der Waals surface area contributed by atoms with Gasteiger partial charge in [0, 0.05) is 12.7 Å². The van der Waals surface area contributed by atoms with Crippen LogP contribution in [0.1, 0.15) is 25.7 Å². The third-order valence-electron chi connectivity index (χ3n) is 2.20. The molecule has 2 rings (SSSR count). The van der Waals surface area contributed by atoms with E-state index in [1.54, 1.807) is 11.8 Å². The fourth-order valence-electron chi connectivity index (χ4n) is 1.46. The molecule has 0 atom stereocenters. The van der Waals surface area contributed by atoms with Crippen molar-refractivity contribution in [1.29, 1.82) is 0 Å². The minimum atomic E-state index is 0.995. The molecule has 0 amide bonds. The van der Waals surface area contributed by atoms with Crippen LogP contribution in [0.3, 0.4) is 0 Å². The Balaban J connectivity index is 1.99. The van der Waals surface area contributed by atoms with Gasteiger partial charge in [-0.3, -0.25) is 4.99 Å². The second-order valence-corrected chi connectivity index (χ2v) is 4.45. The SMILES string of the molecule is c1ccc(SC2=NCCCCC2)nc1. The van der Waals surface area contributed by atoms with E-state index in [0.29, 0.717) is 0 Å². The van der Waals surface area contributed by atoms with E-state index in [-0.39, 0.29) is 0 Å². The van der Waals surface area contributed by atoms with Crippen molar-refractivity contribution in [3.63, 3.8) is 0 Å². The van der Waals surface area contributed by atoms with Gasteiger partial charge >= 0.3 is 0 Å². The van der Waals surface area contributed by atoms with Crippen LogP contribution < -0.4 is 0 Å². The maximum atomic E-state index is 4.56. The van der Waals surface area contributed by atoms with Crippen molar-refractivity contribution in [3.8, 4) is 0 Å². The zero-order chi connectivity index (χ0) is 9.64. The number of rotatable bonds is 1. The van der Waals surface area contributed by atoms with Gasteiger partial charge in [-0.25, -0.2) is 4.98 Å². The Morgan fingerprint density at radius 1 is 1.14 bits per heavy atom. The van der Waals surface area contributed by atoms with Crippen LogP contribution in [0.15, 0.2) is 34.4 Å². The summed E-state index contributed by atoms with van der Waals surface area (Å²) in [5.74, 6) is 0. The molecule has 2 nitrogen and oxygen atoms in total. The Bertz CT molecular complexity index is 308. The Morgan fingerprint density at radius 3 is 3.00 bits per heavy atom. The standard InChI is InChI=1S/C11H14N2S/c1-2-6-10(12-8-4-1)14-11-7-3-5-9-13-11/h3,5,7,9H,1-2,4,6,8H2. The van der Waals surface area contributed by atoms with Crippen molar-refractivity contribution >= 4 is 16.8 Å². The molecule has 0 radical (unpaired) electrons. The Morgan fingerprint density at radius 2 is 2.14 bits per heavy atom. The fourth-order valence-corrected chi connectivity index (χ4v) is 2.36. The van der Waals surface area contributed by atoms with E-state index < -0.39 is 0 Å². The smallest absolute Gasteiger partial charge is 0.102 e. The Hall–Kier alpha value is -0.830. The summed E-state index contributed by atoms with van der Waals surface area (Å²) < 4.78 is 0. The summed E-state index contributed by atoms with van der Waals surface area (Å²) in [6, 6.07) is 6.00. The predicted octanol–water partition coefficient (Wildman–Crippen LogP) is 3.15. The van der Waals surface area contributed by atoms with Gasteiger partial charge in [0.2, 0.25) is 0 Å². The highest BCUT2D eigenvalue weighted by Gasteiger charge is 2.06. The minimum absolute atomic E-state index is 0.995. The number of pyridine rings is 1. The second kappa shape index (κ2) is 5.15. The number of nitrogens with zero attached hydrogens (tertiary/aromatic N) is 2. The molecule has 74 valence electrons. The van der Waals surface area contributed by atoms with E-state index in [0.717, 1.165) is 18.0 Å². The Labute approximate surface area is 88.9 Å². The maximum Gasteiger partial charge on any atom is 0.102 e. The van der Waals surface area contributed by atoms with Gasteiger partial charge in [-0.2, -0.15) is 0 Å². The van der Waals surface area contributed by atoms with Gasteiger partial charge in [0.05, 0.1) is 5.04 Å². The summed E-state index contributed by atoms with van der Waals surface area (Å²) in [6.07, 6.45) is 6.79. The summed E-state index contributed by atoms with van der Waals surface area (Å²) in [4.78, 5) is 8.84. The molecule has 14 heavy (non-hydrogen) atoms. The molecule has 0 unspecified atom stereocenters. The first-order valence-corrected chi connectivity index (χ1v) is 5.89. The number of aromatic nitrogens is 1. The van der Waals surface area contributed by atoms with Crippen LogP contribution in [0.5, 0.6) is 0 Å². The molecular weight excluding hydrogens is 192 g/mol. The third-order valence-corrected chi connectivity index (χ3v) is 3.22. The lowest BCUT2D eigenvalue weighted by Gasteiger charge is -2.01. The van der Waals surface area contributed by atoms with Gasteiger partial charge in [0.25, 0.3) is 0 Å². The van der Waals surface area contributed by atoms with Gasteiger partial charge in [-0.05, 0) is 31.4 Å². The highest BCUT2D eigenvalue weighted by Crippen LogP contribution is 2.22. The van der Waals surface area contributed by atoms with Crippen LogP contribution in [0.2, 0.25) is 0 Å². The molecule has 1 aromatic heterocycles. The van der Waals surface area contributed by atoms with E-state index in [1.807, 2.05) is 24.4 Å². The van der Waals surface area contributed by atoms with Crippen molar-refractivity contribution < 1.29 is 0 Å². The van der Waals surface area contributed by atoms with Crippen molar-refractivity contribution in [1.82, 2.24) is 4.98 Å². The molecule has 3 heteroatoms. The molecule has 0 aliphatic carbocycles. The van der Waals surface area contributed by atoms with Crippen molar-refractivity contribution in [2.24, 2.45) is 4.99 Å². The predicted molar refractivity (Wildman–Crippen MR) is 60.9 cm³/mol. The summed E-state index contributed by atoms with van der Waals surface area (Å²) in [5.41, 5.74) is 0. The van der Waals surface area contributed by atoms with Crippen molar-refractivity contribution in [2.75, 3.05) is 6.54 Å². The van der Waals surface area contributed by atoms with Crippen LogP contribution >= 0.6 is 11.8 Å². The topological polar surface area (TPSA) is 25.2 Å².